The van der Waals surface area contributed by atoms with E-state index in [4.69, 9.17) is 4.74 Å². The van der Waals surface area contributed by atoms with Crippen molar-refractivity contribution < 1.29 is 9.53 Å². The molecule has 3 heterocycles. The number of hydrogen-bond donors (Lipinski definition) is 1. The molecule has 0 aromatic carbocycles. The van der Waals surface area contributed by atoms with E-state index in [0.717, 1.165) is 47.8 Å². The first-order valence-corrected chi connectivity index (χ1v) is 7.84. The number of ether oxygens (including phenoxy) is 1. The molecule has 3 rings (SSSR count). The van der Waals surface area contributed by atoms with Crippen LogP contribution in [-0.4, -0.2) is 40.6 Å². The quantitative estimate of drug-likeness (QED) is 0.881. The van der Waals surface area contributed by atoms with Gasteiger partial charge in [0.2, 0.25) is 0 Å². The molecule has 0 bridgehead atoms. The summed E-state index contributed by atoms with van der Waals surface area (Å²) in [5.74, 6) is 1.49. The Balaban J connectivity index is 1.91. The number of piperidine rings is 1. The number of hydrogen-bond acceptors (Lipinski definition) is 5. The van der Waals surface area contributed by atoms with E-state index in [1.54, 1.807) is 0 Å². The minimum absolute atomic E-state index is 0.0703. The van der Waals surface area contributed by atoms with Crippen molar-refractivity contribution in [3.8, 4) is 0 Å². The van der Waals surface area contributed by atoms with Crippen molar-refractivity contribution in [2.24, 2.45) is 5.92 Å². The Kier molecular flexibility index (Phi) is 4.00. The smallest absolute Gasteiger partial charge is 0.310 e. The third kappa shape index (κ3) is 2.77. The average Bonchev–Trinajstić information content (AvgIpc) is 2.86. The second-order valence-electron chi connectivity index (χ2n) is 5.85. The lowest BCUT2D eigenvalue weighted by Gasteiger charge is -2.32. The van der Waals surface area contributed by atoms with Crippen LogP contribution >= 0.6 is 0 Å². The molecule has 0 amide bonds. The molecule has 1 unspecified atom stereocenters. The summed E-state index contributed by atoms with van der Waals surface area (Å²) in [5.41, 5.74) is 1.92. The number of carbonyl (C=O) groups excluding carboxylic acids is 1. The molecule has 22 heavy (non-hydrogen) atoms. The Morgan fingerprint density at radius 3 is 3.05 bits per heavy atom. The van der Waals surface area contributed by atoms with Gasteiger partial charge in [-0.25, -0.2) is 9.97 Å². The fourth-order valence-electron chi connectivity index (χ4n) is 3.10. The number of H-pyrrole nitrogens is 1. The molecule has 6 nitrogen and oxygen atoms in total. The first kappa shape index (κ1) is 14.8. The van der Waals surface area contributed by atoms with Crippen LogP contribution in [0.3, 0.4) is 0 Å². The number of carbonyl (C=O) groups is 1. The van der Waals surface area contributed by atoms with Crippen LogP contribution in [0, 0.1) is 19.8 Å². The molecule has 0 saturated carbocycles. The Labute approximate surface area is 129 Å². The Bertz CT molecular complexity index is 695. The van der Waals surface area contributed by atoms with Crippen LogP contribution in [0.1, 0.15) is 31.3 Å². The molecule has 118 valence electrons. The number of esters is 1. The number of aryl methyl sites for hydroxylation is 2. The van der Waals surface area contributed by atoms with Crippen molar-refractivity contribution in [2.75, 3.05) is 24.6 Å². The van der Waals surface area contributed by atoms with Gasteiger partial charge in [-0.2, -0.15) is 0 Å². The van der Waals surface area contributed by atoms with Gasteiger partial charge < -0.3 is 14.6 Å². The molecule has 2 aromatic heterocycles. The molecular weight excluding hydrogens is 280 g/mol. The maximum atomic E-state index is 12.0. The molecule has 1 N–H and O–H groups in total. The largest absolute Gasteiger partial charge is 0.466 e. The molecule has 1 fully saturated rings. The van der Waals surface area contributed by atoms with Gasteiger partial charge in [-0.1, -0.05) is 0 Å². The summed E-state index contributed by atoms with van der Waals surface area (Å²) < 4.78 is 5.18. The summed E-state index contributed by atoms with van der Waals surface area (Å²) in [7, 11) is 0. The van der Waals surface area contributed by atoms with Gasteiger partial charge >= 0.3 is 5.97 Å². The maximum absolute atomic E-state index is 12.0. The van der Waals surface area contributed by atoms with E-state index in [1.165, 1.54) is 0 Å². The lowest BCUT2D eigenvalue weighted by Crippen LogP contribution is -2.40. The average molecular weight is 302 g/mol. The monoisotopic (exact) mass is 302 g/mol. The second-order valence-corrected chi connectivity index (χ2v) is 5.85. The van der Waals surface area contributed by atoms with Gasteiger partial charge in [0.25, 0.3) is 0 Å². The Morgan fingerprint density at radius 2 is 2.27 bits per heavy atom. The lowest BCUT2D eigenvalue weighted by molar-refractivity contribution is -0.148. The van der Waals surface area contributed by atoms with E-state index in [-0.39, 0.29) is 11.9 Å². The van der Waals surface area contributed by atoms with E-state index < -0.39 is 0 Å². The summed E-state index contributed by atoms with van der Waals surface area (Å²) in [4.78, 5) is 26.5. The molecule has 1 atom stereocenters. The third-order valence-electron chi connectivity index (χ3n) is 4.05. The molecule has 1 aliphatic heterocycles. The van der Waals surface area contributed by atoms with Crippen LogP contribution < -0.4 is 4.90 Å². The van der Waals surface area contributed by atoms with Gasteiger partial charge in [-0.3, -0.25) is 4.79 Å². The van der Waals surface area contributed by atoms with Crippen LogP contribution in [0.15, 0.2) is 6.07 Å². The molecule has 0 aliphatic carbocycles. The third-order valence-corrected chi connectivity index (χ3v) is 4.05. The first-order chi connectivity index (χ1) is 10.6. The maximum Gasteiger partial charge on any atom is 0.310 e. The van der Waals surface area contributed by atoms with E-state index in [9.17, 15) is 4.79 Å². The van der Waals surface area contributed by atoms with Gasteiger partial charge in [0, 0.05) is 18.8 Å². The summed E-state index contributed by atoms with van der Waals surface area (Å²) in [6.45, 7) is 7.76. The zero-order valence-electron chi connectivity index (χ0n) is 13.3. The number of nitrogens with zero attached hydrogens (tertiary/aromatic N) is 3. The van der Waals surface area contributed by atoms with Gasteiger partial charge in [-0.15, -0.1) is 0 Å². The molecular formula is C16H22N4O2. The second kappa shape index (κ2) is 5.94. The van der Waals surface area contributed by atoms with Crippen LogP contribution in [-0.2, 0) is 9.53 Å². The number of rotatable bonds is 3. The zero-order chi connectivity index (χ0) is 15.7. The van der Waals surface area contributed by atoms with Crippen molar-refractivity contribution in [3.63, 3.8) is 0 Å². The predicted octanol–water partition coefficient (Wildman–Crippen LogP) is 2.35. The van der Waals surface area contributed by atoms with E-state index in [1.807, 2.05) is 20.8 Å². The number of nitrogens with one attached hydrogen (secondary N) is 1. The van der Waals surface area contributed by atoms with Crippen molar-refractivity contribution in [3.05, 3.63) is 17.6 Å². The van der Waals surface area contributed by atoms with E-state index >= 15 is 0 Å². The van der Waals surface area contributed by atoms with Crippen molar-refractivity contribution in [1.82, 2.24) is 15.0 Å². The lowest BCUT2D eigenvalue weighted by atomic mass is 9.98. The number of aromatic nitrogens is 3. The van der Waals surface area contributed by atoms with Gasteiger partial charge in [0.05, 0.1) is 17.9 Å². The van der Waals surface area contributed by atoms with Crippen LogP contribution in [0.5, 0.6) is 0 Å². The number of anilines is 1. The number of fused-ring (bicyclic) bond motifs is 1. The van der Waals surface area contributed by atoms with Crippen LogP contribution in [0.2, 0.25) is 0 Å². The molecule has 2 aromatic rings. The molecule has 1 saturated heterocycles. The van der Waals surface area contributed by atoms with E-state index in [0.29, 0.717) is 13.2 Å². The fourth-order valence-corrected chi connectivity index (χ4v) is 3.10. The highest BCUT2D eigenvalue weighted by atomic mass is 16.5. The van der Waals surface area contributed by atoms with Crippen molar-refractivity contribution in [2.45, 2.75) is 33.6 Å². The zero-order valence-corrected chi connectivity index (χ0v) is 13.3. The molecule has 0 radical (unpaired) electrons. The topological polar surface area (TPSA) is 71.1 Å². The Morgan fingerprint density at radius 1 is 1.45 bits per heavy atom. The summed E-state index contributed by atoms with van der Waals surface area (Å²) >= 11 is 0. The summed E-state index contributed by atoms with van der Waals surface area (Å²) in [6.07, 6.45) is 1.85. The summed E-state index contributed by atoms with van der Waals surface area (Å²) in [5, 5.41) is 1.02. The van der Waals surface area contributed by atoms with Crippen molar-refractivity contribution >= 4 is 22.8 Å². The highest BCUT2D eigenvalue weighted by Crippen LogP contribution is 2.29. The predicted molar refractivity (Wildman–Crippen MR) is 84.9 cm³/mol. The molecule has 0 spiro atoms. The minimum atomic E-state index is -0.0977. The fraction of sp³-hybridized carbons (Fsp3) is 0.562. The SMILES string of the molecule is CCOC(=O)C1CCCN(c2nc(C)nc3[nH]c(C)cc23)C1. The van der Waals surface area contributed by atoms with Gasteiger partial charge in [0.15, 0.2) is 0 Å². The molecule has 6 heteroatoms. The molecule has 1 aliphatic rings. The van der Waals surface area contributed by atoms with Crippen molar-refractivity contribution in [1.29, 1.82) is 0 Å². The number of aromatic amines is 1. The highest BCUT2D eigenvalue weighted by Gasteiger charge is 2.28. The van der Waals surface area contributed by atoms with E-state index in [2.05, 4.69) is 25.9 Å². The van der Waals surface area contributed by atoms with Gasteiger partial charge in [0.1, 0.15) is 17.3 Å². The first-order valence-electron chi connectivity index (χ1n) is 7.84. The summed E-state index contributed by atoms with van der Waals surface area (Å²) in [6, 6.07) is 2.07. The highest BCUT2D eigenvalue weighted by molar-refractivity contribution is 5.88. The van der Waals surface area contributed by atoms with Crippen LogP contribution in [0.25, 0.3) is 11.0 Å². The van der Waals surface area contributed by atoms with Crippen LogP contribution in [0.4, 0.5) is 5.82 Å². The normalized spacial score (nSPS) is 18.7. The standard InChI is InChI=1S/C16H22N4O2/c1-4-22-16(21)12-6-5-7-20(9-12)15-13-8-10(2)17-14(13)18-11(3)19-15/h8,12H,4-7,9H2,1-3H3,(H,17,18,19). The Hall–Kier alpha value is -2.11. The van der Waals surface area contributed by atoms with Gasteiger partial charge in [-0.05, 0) is 39.7 Å². The minimum Gasteiger partial charge on any atom is -0.466 e.